The number of nitrogens with one attached hydrogen (secondary N) is 3. The molecule has 0 bridgehead atoms. The highest BCUT2D eigenvalue weighted by Gasteiger charge is 2.19. The Balaban J connectivity index is 1.91. The van der Waals surface area contributed by atoms with E-state index in [-0.39, 0.29) is 24.8 Å². The molecular weight excluding hydrogens is 564 g/mol. The summed E-state index contributed by atoms with van der Waals surface area (Å²) in [5, 5.41) is 1.91. The Morgan fingerprint density at radius 2 is 1.40 bits per heavy atom. The molecule has 0 unspecified atom stereocenters. The Morgan fingerprint density at radius 1 is 0.733 bits per heavy atom. The summed E-state index contributed by atoms with van der Waals surface area (Å²) in [5.41, 5.74) is 13.4. The molecule has 0 atom stereocenters. The highest BCUT2D eigenvalue weighted by Crippen LogP contribution is 2.30. The Bertz CT molecular complexity index is 1770. The first kappa shape index (κ1) is 33.6. The number of aromatic nitrogens is 3. The molecule has 8 nitrogen and oxygen atoms in total. The average Bonchev–Trinajstić information content (AvgIpc) is 3.79. The molecule has 0 radical (unpaired) electrons. The molecular formula is C37H48N4O4. The van der Waals surface area contributed by atoms with E-state index in [4.69, 9.17) is 14.5 Å². The van der Waals surface area contributed by atoms with Crippen molar-refractivity contribution in [3.05, 3.63) is 84.2 Å². The van der Waals surface area contributed by atoms with E-state index in [1.165, 1.54) is 36.5 Å². The summed E-state index contributed by atoms with van der Waals surface area (Å²) in [6, 6.07) is 0. The van der Waals surface area contributed by atoms with Gasteiger partial charge in [0.1, 0.15) is 0 Å². The molecule has 8 heteroatoms. The minimum Gasteiger partial charge on any atom is -0.469 e. The van der Waals surface area contributed by atoms with Crippen molar-refractivity contribution < 1.29 is 19.1 Å². The van der Waals surface area contributed by atoms with Gasteiger partial charge in [0.15, 0.2) is 0 Å². The minimum absolute atomic E-state index is 0.246. The van der Waals surface area contributed by atoms with E-state index < -0.39 is 0 Å². The van der Waals surface area contributed by atoms with E-state index in [9.17, 15) is 9.59 Å². The second kappa shape index (κ2) is 15.1. The standard InChI is InChI=1S/C37H48N4O4/c1-9-24-20-38-32(26(24)11-3)17-30-22(5)28(13-15-36(42)44-7)34(40-30)19-35-29(14-16-37(43)45-8)23(6)31(41-35)18-33-27(12-4)25(10-2)21-39-33/h17-21,38,40-41H,9-16H2,1-8H3. The van der Waals surface area contributed by atoms with Crippen molar-refractivity contribution in [2.24, 2.45) is 4.99 Å². The minimum atomic E-state index is -0.249. The summed E-state index contributed by atoms with van der Waals surface area (Å²) in [7, 11) is 2.84. The van der Waals surface area contributed by atoms with Gasteiger partial charge in [0.25, 0.3) is 0 Å². The molecule has 0 aromatic carbocycles. The van der Waals surface area contributed by atoms with Gasteiger partial charge in [0.2, 0.25) is 0 Å². The number of nitrogens with zero attached hydrogens (tertiary/aromatic N) is 1. The van der Waals surface area contributed by atoms with Crippen LogP contribution >= 0.6 is 0 Å². The van der Waals surface area contributed by atoms with Gasteiger partial charge in [-0.05, 0) is 115 Å². The lowest BCUT2D eigenvalue weighted by Crippen LogP contribution is -2.14. The van der Waals surface area contributed by atoms with Crippen molar-refractivity contribution in [1.82, 2.24) is 15.0 Å². The number of aryl methyl sites for hydroxylation is 1. The lowest BCUT2D eigenvalue weighted by atomic mass is 10.0. The quantitative estimate of drug-likeness (QED) is 0.211. The molecule has 0 fully saturated rings. The van der Waals surface area contributed by atoms with Crippen LogP contribution in [0.25, 0.3) is 18.2 Å². The average molecular weight is 613 g/mol. The third-order valence-corrected chi connectivity index (χ3v) is 9.01. The lowest BCUT2D eigenvalue weighted by molar-refractivity contribution is -0.141. The third-order valence-electron chi connectivity index (χ3n) is 9.01. The maximum atomic E-state index is 12.2. The first-order chi connectivity index (χ1) is 21.7. The summed E-state index contributed by atoms with van der Waals surface area (Å²) in [5.74, 6) is -0.495. The summed E-state index contributed by atoms with van der Waals surface area (Å²) in [4.78, 5) is 39.9. The second-order valence-corrected chi connectivity index (χ2v) is 11.5. The van der Waals surface area contributed by atoms with Crippen LogP contribution in [0.5, 0.6) is 0 Å². The van der Waals surface area contributed by atoms with Gasteiger partial charge in [-0.25, -0.2) is 0 Å². The fourth-order valence-corrected chi connectivity index (χ4v) is 6.30. The second-order valence-electron chi connectivity index (χ2n) is 11.5. The van der Waals surface area contributed by atoms with Crippen molar-refractivity contribution in [1.29, 1.82) is 0 Å². The smallest absolute Gasteiger partial charge is 0.305 e. The first-order valence-corrected chi connectivity index (χ1v) is 16.1. The van der Waals surface area contributed by atoms with Gasteiger partial charge in [0.05, 0.1) is 19.9 Å². The van der Waals surface area contributed by atoms with Crippen molar-refractivity contribution >= 4 is 36.4 Å². The molecule has 0 saturated heterocycles. The maximum absolute atomic E-state index is 12.2. The van der Waals surface area contributed by atoms with Gasteiger partial charge in [-0.1, -0.05) is 27.7 Å². The molecule has 0 amide bonds. The zero-order valence-corrected chi connectivity index (χ0v) is 28.1. The normalized spacial score (nSPS) is 14.8. The van der Waals surface area contributed by atoms with Gasteiger partial charge in [-0.2, -0.15) is 0 Å². The van der Waals surface area contributed by atoms with Gasteiger partial charge >= 0.3 is 11.9 Å². The number of ether oxygens (including phenoxy) is 2. The van der Waals surface area contributed by atoms with Gasteiger partial charge in [-0.3, -0.25) is 14.6 Å². The van der Waals surface area contributed by atoms with Crippen molar-refractivity contribution in [2.45, 2.75) is 92.9 Å². The Kier molecular flexibility index (Phi) is 11.3. The Morgan fingerprint density at radius 3 is 2.00 bits per heavy atom. The number of esters is 2. The number of aromatic amines is 3. The molecule has 4 heterocycles. The molecule has 1 aliphatic rings. The molecule has 0 spiro atoms. The number of methoxy groups -OCH3 is 2. The molecule has 3 aromatic rings. The zero-order chi connectivity index (χ0) is 32.7. The molecule has 3 N–H and O–H groups in total. The number of aliphatic imine (C=N–C) groups is 1. The number of H-pyrrole nitrogens is 3. The van der Waals surface area contributed by atoms with Gasteiger partial charge < -0.3 is 24.4 Å². The van der Waals surface area contributed by atoms with Crippen LogP contribution in [-0.2, 0) is 44.7 Å². The molecule has 0 saturated carbocycles. The fraction of sp³-hybridized carbons (Fsp3) is 0.432. The largest absolute Gasteiger partial charge is 0.469 e. The number of carbonyl (C=O) groups is 2. The van der Waals surface area contributed by atoms with Crippen LogP contribution in [0, 0.1) is 13.8 Å². The van der Waals surface area contributed by atoms with E-state index in [1.54, 1.807) is 0 Å². The van der Waals surface area contributed by atoms with Crippen LogP contribution in [0.1, 0.15) is 104 Å². The molecule has 4 rings (SSSR count). The molecule has 240 valence electrons. The number of hydrogen-bond acceptors (Lipinski definition) is 5. The van der Waals surface area contributed by atoms with Gasteiger partial charge in [-0.15, -0.1) is 0 Å². The van der Waals surface area contributed by atoms with Crippen LogP contribution in [0.3, 0.4) is 0 Å². The highest BCUT2D eigenvalue weighted by atomic mass is 16.5. The van der Waals surface area contributed by atoms with Crippen molar-refractivity contribution in [2.75, 3.05) is 14.2 Å². The molecule has 1 aliphatic heterocycles. The van der Waals surface area contributed by atoms with E-state index in [0.717, 1.165) is 81.4 Å². The van der Waals surface area contributed by atoms with Crippen LogP contribution in [0.15, 0.2) is 28.0 Å². The number of allylic oxidation sites excluding steroid dienone is 2. The maximum Gasteiger partial charge on any atom is 0.305 e. The summed E-state index contributed by atoms with van der Waals surface area (Å²) in [6.07, 6.45) is 15.8. The monoisotopic (exact) mass is 612 g/mol. The Labute approximate surface area is 266 Å². The SMILES string of the molecule is CCC1=C(CC)C(=Cc2[nH]c(C=c3[nH]c(=Cc4[nH]cc(CC)c4CC)c(C)c3CCC(=O)OC)c(CCC(=O)OC)c2C)N=C1. The summed E-state index contributed by atoms with van der Waals surface area (Å²) >= 11 is 0. The van der Waals surface area contributed by atoms with Crippen molar-refractivity contribution in [3.8, 4) is 0 Å². The summed E-state index contributed by atoms with van der Waals surface area (Å²) in [6.45, 7) is 12.8. The van der Waals surface area contributed by atoms with Gasteiger partial charge in [0, 0.05) is 53.0 Å². The number of hydrogen-bond donors (Lipinski definition) is 3. The fourth-order valence-electron chi connectivity index (χ4n) is 6.30. The lowest BCUT2D eigenvalue weighted by Gasteiger charge is -2.04. The number of carbonyl (C=O) groups excluding carboxylic acids is 2. The van der Waals surface area contributed by atoms with Crippen LogP contribution in [0.2, 0.25) is 0 Å². The first-order valence-electron chi connectivity index (χ1n) is 16.1. The third kappa shape index (κ3) is 7.32. The number of rotatable bonds is 13. The van der Waals surface area contributed by atoms with Crippen LogP contribution in [0.4, 0.5) is 0 Å². The van der Waals surface area contributed by atoms with E-state index in [2.05, 4.69) is 80.9 Å². The highest BCUT2D eigenvalue weighted by molar-refractivity contribution is 5.88. The van der Waals surface area contributed by atoms with E-state index in [0.29, 0.717) is 12.8 Å². The predicted octanol–water partition coefficient (Wildman–Crippen LogP) is 5.82. The Hall–Kier alpha value is -4.33. The van der Waals surface area contributed by atoms with Crippen LogP contribution in [-0.4, -0.2) is 47.3 Å². The molecule has 0 aliphatic carbocycles. The molecule has 3 aromatic heterocycles. The predicted molar refractivity (Wildman–Crippen MR) is 182 cm³/mol. The summed E-state index contributed by atoms with van der Waals surface area (Å²) < 4.78 is 9.95. The zero-order valence-electron chi connectivity index (χ0n) is 28.1. The van der Waals surface area contributed by atoms with E-state index >= 15 is 0 Å². The molecule has 45 heavy (non-hydrogen) atoms. The van der Waals surface area contributed by atoms with E-state index in [1.807, 2.05) is 6.21 Å². The topological polar surface area (TPSA) is 112 Å². The van der Waals surface area contributed by atoms with Crippen LogP contribution < -0.4 is 10.7 Å². The van der Waals surface area contributed by atoms with Crippen molar-refractivity contribution in [3.63, 3.8) is 0 Å².